The summed E-state index contributed by atoms with van der Waals surface area (Å²) in [5.74, 6) is 0. The molecule has 0 bridgehead atoms. The lowest BCUT2D eigenvalue weighted by atomic mass is 9.73. The molecule has 1 aliphatic rings. The molecular formula is C53H40O2. The molecule has 1 atom stereocenters. The Hall–Kier alpha value is -6.06. The van der Waals surface area contributed by atoms with Gasteiger partial charge in [-0.15, -0.1) is 6.58 Å². The van der Waals surface area contributed by atoms with E-state index in [1.165, 1.54) is 115 Å². The second-order valence-corrected chi connectivity index (χ2v) is 15.8. The highest BCUT2D eigenvalue weighted by molar-refractivity contribution is 6.27. The maximum atomic E-state index is 10.2. The van der Waals surface area contributed by atoms with Crippen LogP contribution in [0.1, 0.15) is 35.1 Å². The zero-order valence-corrected chi connectivity index (χ0v) is 30.9. The monoisotopic (exact) mass is 708 g/mol. The molecule has 11 rings (SSSR count). The lowest BCUT2D eigenvalue weighted by Crippen LogP contribution is -2.23. The quantitative estimate of drug-likeness (QED) is 0.122. The summed E-state index contributed by atoms with van der Waals surface area (Å²) >= 11 is 0. The molecule has 55 heavy (non-hydrogen) atoms. The number of fused-ring (bicyclic) bond motifs is 3. The van der Waals surface area contributed by atoms with Crippen LogP contribution in [-0.4, -0.2) is 23.4 Å². The normalized spacial score (nSPS) is 15.3. The molecule has 0 saturated carbocycles. The molecule has 0 spiro atoms. The molecule has 10 aromatic carbocycles. The predicted molar refractivity (Wildman–Crippen MR) is 233 cm³/mol. The number of rotatable bonds is 8. The van der Waals surface area contributed by atoms with Gasteiger partial charge in [-0.3, -0.25) is 0 Å². The second kappa shape index (κ2) is 12.0. The van der Waals surface area contributed by atoms with Gasteiger partial charge in [-0.2, -0.15) is 0 Å². The van der Waals surface area contributed by atoms with Crippen LogP contribution in [0.15, 0.2) is 146 Å². The van der Waals surface area contributed by atoms with Gasteiger partial charge >= 0.3 is 0 Å². The first-order chi connectivity index (χ1) is 27.0. The molecule has 0 saturated heterocycles. The summed E-state index contributed by atoms with van der Waals surface area (Å²) in [6, 6.07) is 50.3. The largest absolute Gasteiger partial charge is 0.396 e. The Kier molecular flexibility index (Phi) is 7.05. The van der Waals surface area contributed by atoms with Crippen molar-refractivity contribution in [2.75, 3.05) is 13.2 Å². The fourth-order valence-electron chi connectivity index (χ4n) is 10.4. The molecule has 0 heterocycles. The molecule has 0 aromatic heterocycles. The van der Waals surface area contributed by atoms with E-state index in [0.29, 0.717) is 12.8 Å². The van der Waals surface area contributed by atoms with E-state index in [2.05, 4.69) is 153 Å². The summed E-state index contributed by atoms with van der Waals surface area (Å²) in [6.45, 7) is 6.96. The Morgan fingerprint density at radius 3 is 1.44 bits per heavy atom. The zero-order valence-electron chi connectivity index (χ0n) is 30.9. The molecule has 2 nitrogen and oxygen atoms in total. The smallest absolute Gasteiger partial charge is 0.0471 e. The number of aliphatic hydroxyl groups excluding tert-OH is 2. The van der Waals surface area contributed by atoms with Crippen LogP contribution in [-0.2, 0) is 11.8 Å². The van der Waals surface area contributed by atoms with Gasteiger partial charge in [-0.1, -0.05) is 127 Å². The van der Waals surface area contributed by atoms with Crippen molar-refractivity contribution in [1.29, 1.82) is 0 Å². The number of hydrogen-bond acceptors (Lipinski definition) is 2. The third-order valence-electron chi connectivity index (χ3n) is 12.8. The summed E-state index contributed by atoms with van der Waals surface area (Å²) in [4.78, 5) is 0. The first kappa shape index (κ1) is 32.4. The van der Waals surface area contributed by atoms with E-state index in [4.69, 9.17) is 0 Å². The molecule has 1 unspecified atom stereocenters. The fraction of sp³-hybridized carbons (Fsp3) is 0.132. The molecule has 1 aliphatic carbocycles. The minimum atomic E-state index is -0.451. The Bertz CT molecular complexity index is 3150. The van der Waals surface area contributed by atoms with Gasteiger partial charge in [0.25, 0.3) is 0 Å². The maximum Gasteiger partial charge on any atom is 0.0471 e. The Morgan fingerprint density at radius 2 is 0.945 bits per heavy atom. The molecule has 2 N–H and O–H groups in total. The summed E-state index contributed by atoms with van der Waals surface area (Å²) < 4.78 is 0. The van der Waals surface area contributed by atoms with E-state index in [1.807, 2.05) is 0 Å². The minimum absolute atomic E-state index is 0.128. The maximum absolute atomic E-state index is 10.2. The van der Waals surface area contributed by atoms with E-state index in [1.54, 1.807) is 0 Å². The summed E-state index contributed by atoms with van der Waals surface area (Å²) in [5, 5.41) is 35.1. The van der Waals surface area contributed by atoms with Crippen molar-refractivity contribution in [3.05, 3.63) is 168 Å². The zero-order chi connectivity index (χ0) is 37.0. The molecular weight excluding hydrogens is 669 g/mol. The molecule has 0 aliphatic heterocycles. The van der Waals surface area contributed by atoms with Crippen molar-refractivity contribution in [2.24, 2.45) is 0 Å². The summed E-state index contributed by atoms with van der Waals surface area (Å²) in [5.41, 5.74) is 11.8. The van der Waals surface area contributed by atoms with E-state index >= 15 is 0 Å². The Morgan fingerprint density at radius 1 is 0.491 bits per heavy atom. The van der Waals surface area contributed by atoms with Crippen LogP contribution >= 0.6 is 0 Å². The van der Waals surface area contributed by atoms with Gasteiger partial charge in [0.05, 0.1) is 0 Å². The third-order valence-corrected chi connectivity index (χ3v) is 12.8. The molecule has 0 fully saturated rings. The lowest BCUT2D eigenvalue weighted by Gasteiger charge is -2.29. The Balaban J connectivity index is 1.09. The van der Waals surface area contributed by atoms with Crippen molar-refractivity contribution in [1.82, 2.24) is 0 Å². The van der Waals surface area contributed by atoms with Crippen LogP contribution in [0.4, 0.5) is 0 Å². The first-order valence-corrected chi connectivity index (χ1v) is 19.5. The van der Waals surface area contributed by atoms with Gasteiger partial charge < -0.3 is 10.2 Å². The average Bonchev–Trinajstić information content (AvgIpc) is 3.49. The predicted octanol–water partition coefficient (Wildman–Crippen LogP) is 12.9. The van der Waals surface area contributed by atoms with E-state index < -0.39 is 5.41 Å². The van der Waals surface area contributed by atoms with Crippen LogP contribution in [0.2, 0.25) is 0 Å². The molecule has 2 heteroatoms. The lowest BCUT2D eigenvalue weighted by molar-refractivity contribution is 0.276. The highest BCUT2D eigenvalue weighted by atomic mass is 16.3. The van der Waals surface area contributed by atoms with Crippen molar-refractivity contribution in [3.8, 4) is 33.4 Å². The molecule has 264 valence electrons. The summed E-state index contributed by atoms with van der Waals surface area (Å²) in [6.07, 6.45) is 4.24. The highest BCUT2D eigenvalue weighted by Crippen LogP contribution is 2.55. The highest BCUT2D eigenvalue weighted by Gasteiger charge is 2.41. The van der Waals surface area contributed by atoms with E-state index in [-0.39, 0.29) is 13.2 Å². The van der Waals surface area contributed by atoms with E-state index in [0.717, 1.165) is 12.0 Å². The van der Waals surface area contributed by atoms with Crippen molar-refractivity contribution >= 4 is 64.6 Å². The number of hydrogen-bond donors (Lipinski definition) is 2. The minimum Gasteiger partial charge on any atom is -0.396 e. The van der Waals surface area contributed by atoms with Gasteiger partial charge in [-0.05, 0) is 159 Å². The molecule has 0 amide bonds. The van der Waals surface area contributed by atoms with E-state index in [9.17, 15) is 10.2 Å². The van der Waals surface area contributed by atoms with Crippen LogP contribution in [0, 0.1) is 6.92 Å². The van der Waals surface area contributed by atoms with Gasteiger partial charge in [-0.25, -0.2) is 0 Å². The van der Waals surface area contributed by atoms with Crippen LogP contribution in [0.3, 0.4) is 0 Å². The van der Waals surface area contributed by atoms with Crippen LogP contribution in [0.5, 0.6) is 0 Å². The first-order valence-electron chi connectivity index (χ1n) is 19.5. The second-order valence-electron chi connectivity index (χ2n) is 15.8. The summed E-state index contributed by atoms with van der Waals surface area (Å²) in [7, 11) is 0. The fourth-order valence-corrected chi connectivity index (χ4v) is 10.4. The molecule has 10 aromatic rings. The number of aliphatic hydroxyl groups is 2. The van der Waals surface area contributed by atoms with Gasteiger partial charge in [0, 0.05) is 18.6 Å². The Labute approximate surface area is 320 Å². The van der Waals surface area contributed by atoms with Crippen molar-refractivity contribution in [3.63, 3.8) is 0 Å². The van der Waals surface area contributed by atoms with Gasteiger partial charge in [0.2, 0.25) is 0 Å². The third kappa shape index (κ3) is 4.56. The number of allylic oxidation sites excluding steroid dienone is 1. The average molecular weight is 709 g/mol. The van der Waals surface area contributed by atoms with Gasteiger partial charge in [0.15, 0.2) is 0 Å². The standard InChI is InChI=1S/C53H40O2/c1-3-53(22-4-23-54)47-29-35(41-15-9-33-5-7-37-25-31(2)26-38-13-19-45(41)51(33)49(37)38)11-17-43(47)44-18-12-36(30-48(44)53)42-16-10-34-6-8-39-27-32(21-24-55)28-40-14-20-46(42)52(34)50(39)40/h3,5-20,25-30,54-55H,1,4,21-24H2,2H3. The van der Waals surface area contributed by atoms with Crippen molar-refractivity contribution in [2.45, 2.75) is 31.6 Å². The van der Waals surface area contributed by atoms with Crippen LogP contribution in [0.25, 0.3) is 98.0 Å². The molecule has 0 radical (unpaired) electrons. The van der Waals surface area contributed by atoms with Crippen LogP contribution < -0.4 is 0 Å². The number of benzene rings is 10. The topological polar surface area (TPSA) is 40.5 Å². The van der Waals surface area contributed by atoms with Gasteiger partial charge in [0.1, 0.15) is 0 Å². The SMILES string of the molecule is C=CC1(CCCO)c2cc(-c3ccc4ccc5cc(C)cc6ccc3c4c56)ccc2-c2ccc(-c3ccc4ccc5cc(CCO)cc6ccc3c4c56)cc21. The van der Waals surface area contributed by atoms with Crippen molar-refractivity contribution < 1.29 is 10.2 Å². The number of aryl methyl sites for hydroxylation is 1.